The maximum atomic E-state index is 14.8. The third kappa shape index (κ3) is 6.19. The summed E-state index contributed by atoms with van der Waals surface area (Å²) in [6.45, 7) is 3.74. The van der Waals surface area contributed by atoms with Gasteiger partial charge in [-0.1, -0.05) is 0 Å². The van der Waals surface area contributed by atoms with Crippen molar-refractivity contribution in [1.29, 1.82) is 0 Å². The highest BCUT2D eigenvalue weighted by atomic mass is 32.1. The zero-order valence-corrected chi connectivity index (χ0v) is 18.2. The van der Waals surface area contributed by atoms with Crippen LogP contribution in [-0.2, 0) is 4.74 Å². The van der Waals surface area contributed by atoms with Gasteiger partial charge in [0.25, 0.3) is 11.8 Å². The molecule has 1 saturated heterocycles. The van der Waals surface area contributed by atoms with Gasteiger partial charge in [-0.3, -0.25) is 4.79 Å². The van der Waals surface area contributed by atoms with Crippen LogP contribution >= 0.6 is 11.3 Å². The molecule has 164 valence electrons. The molecule has 2 rings (SSSR count). The Hall–Kier alpha value is -2.10. The van der Waals surface area contributed by atoms with Gasteiger partial charge in [-0.2, -0.15) is 0 Å². The minimum Gasteiger partial charge on any atom is -0.492 e. The molecule has 2 heterocycles. The Morgan fingerprint density at radius 1 is 1.07 bits per heavy atom. The third-order valence-electron chi connectivity index (χ3n) is 4.22. The quantitative estimate of drug-likeness (QED) is 0.722. The Kier molecular flexibility index (Phi) is 7.31. The molecule has 0 aliphatic carbocycles. The summed E-state index contributed by atoms with van der Waals surface area (Å²) in [7, 11) is 2.84. The smallest absolute Gasteiger partial charge is 0.410 e. The summed E-state index contributed by atoms with van der Waals surface area (Å²) in [4.78, 5) is 27.6. The predicted octanol–water partition coefficient (Wildman–Crippen LogP) is 3.87. The molecule has 0 radical (unpaired) electrons. The van der Waals surface area contributed by atoms with Crippen LogP contribution in [0.2, 0.25) is 0 Å². The van der Waals surface area contributed by atoms with Crippen LogP contribution in [0, 0.1) is 0 Å². The molecule has 0 spiro atoms. The van der Waals surface area contributed by atoms with Crippen molar-refractivity contribution in [2.75, 3.05) is 40.4 Å². The Morgan fingerprint density at radius 3 is 2.21 bits per heavy atom. The summed E-state index contributed by atoms with van der Waals surface area (Å²) >= 11 is 1.09. The van der Waals surface area contributed by atoms with Crippen LogP contribution in [-0.4, -0.2) is 73.7 Å². The van der Waals surface area contributed by atoms with Crippen molar-refractivity contribution in [1.82, 2.24) is 9.80 Å². The molecule has 0 atom stereocenters. The van der Waals surface area contributed by atoms with Gasteiger partial charge in [0.05, 0.1) is 27.3 Å². The van der Waals surface area contributed by atoms with E-state index < -0.39 is 36.6 Å². The summed E-state index contributed by atoms with van der Waals surface area (Å²) in [6.07, 6.45) is 0.178. The number of ether oxygens (including phenoxy) is 3. The average molecular weight is 435 g/mol. The number of carbonyl (C=O) groups excluding carboxylic acids is 2. The molecule has 0 N–H and O–H groups in total. The number of thiophene rings is 1. The molecule has 1 aliphatic heterocycles. The Bertz CT molecular complexity index is 733. The average Bonchev–Trinajstić information content (AvgIpc) is 3.05. The molecule has 0 aromatic carbocycles. The Balaban J connectivity index is 2.19. The number of carbonyl (C=O) groups is 2. The first kappa shape index (κ1) is 23.2. The largest absolute Gasteiger partial charge is 0.492 e. The third-order valence-corrected chi connectivity index (χ3v) is 5.15. The summed E-state index contributed by atoms with van der Waals surface area (Å²) in [5.41, 5.74) is -0.776. The molecule has 1 aliphatic rings. The lowest BCUT2D eigenvalue weighted by Gasteiger charge is -2.31. The van der Waals surface area contributed by atoms with Gasteiger partial charge in [0.15, 0.2) is 11.5 Å². The summed E-state index contributed by atoms with van der Waals surface area (Å²) in [6, 6.07) is 0. The van der Waals surface area contributed by atoms with E-state index in [0.717, 1.165) is 21.1 Å². The van der Waals surface area contributed by atoms with E-state index in [1.54, 1.807) is 26.2 Å². The van der Waals surface area contributed by atoms with E-state index in [1.807, 2.05) is 0 Å². The van der Waals surface area contributed by atoms with Crippen molar-refractivity contribution in [3.8, 4) is 11.5 Å². The van der Waals surface area contributed by atoms with Crippen molar-refractivity contribution in [3.05, 3.63) is 10.3 Å². The molecular formula is C19H28F2N2O5S. The van der Waals surface area contributed by atoms with Crippen molar-refractivity contribution in [3.63, 3.8) is 0 Å². The number of hydrogen-bond donors (Lipinski definition) is 0. The molecule has 1 aromatic rings. The zero-order chi connectivity index (χ0) is 21.8. The van der Waals surface area contributed by atoms with Gasteiger partial charge in [-0.15, -0.1) is 11.3 Å². The van der Waals surface area contributed by atoms with E-state index in [0.29, 0.717) is 18.6 Å². The maximum Gasteiger partial charge on any atom is 0.410 e. The molecule has 0 saturated carbocycles. The number of nitrogens with zero attached hydrogens (tertiary/aromatic N) is 2. The first-order chi connectivity index (χ1) is 13.5. The highest BCUT2D eigenvalue weighted by Gasteiger charge is 2.40. The minimum atomic E-state index is -3.29. The topological polar surface area (TPSA) is 68.3 Å². The van der Waals surface area contributed by atoms with E-state index in [4.69, 9.17) is 14.2 Å². The molecule has 0 unspecified atom stereocenters. The number of methoxy groups -OCH3 is 2. The Morgan fingerprint density at radius 2 is 1.66 bits per heavy atom. The second kappa shape index (κ2) is 9.15. The molecule has 1 aromatic heterocycles. The van der Waals surface area contributed by atoms with Crippen molar-refractivity contribution < 1.29 is 32.6 Å². The highest BCUT2D eigenvalue weighted by molar-refractivity contribution is 7.12. The van der Waals surface area contributed by atoms with Crippen LogP contribution in [0.15, 0.2) is 5.38 Å². The molecule has 2 amide bonds. The van der Waals surface area contributed by atoms with E-state index >= 15 is 0 Å². The van der Waals surface area contributed by atoms with Gasteiger partial charge in [-0.25, -0.2) is 13.6 Å². The van der Waals surface area contributed by atoms with Gasteiger partial charge in [0.1, 0.15) is 10.5 Å². The number of hydrogen-bond acceptors (Lipinski definition) is 6. The number of amides is 2. The van der Waals surface area contributed by atoms with Gasteiger partial charge in [-0.05, 0) is 33.6 Å². The number of halogens is 2. The highest BCUT2D eigenvalue weighted by Crippen LogP contribution is 2.38. The molecular weight excluding hydrogens is 406 g/mol. The summed E-state index contributed by atoms with van der Waals surface area (Å²) in [5.74, 6) is -3.21. The van der Waals surface area contributed by atoms with Crippen LogP contribution < -0.4 is 9.47 Å². The van der Waals surface area contributed by atoms with Crippen molar-refractivity contribution in [2.24, 2.45) is 0 Å². The molecule has 10 heteroatoms. The SMILES string of the molecule is COc1csc(C(=O)N2CCCCN(C(=O)OC(C)(C)C)CC(F)(F)C2)c1OC. The standard InChI is InChI=1S/C19H28F2N2O5S/c1-18(2,3)28-17(25)23-9-7-6-8-22(11-19(20,21)12-23)16(24)15-14(27-5)13(26-4)10-29-15/h10H,6-9,11-12H2,1-5H3. The minimum absolute atomic E-state index is 0.142. The number of alkyl halides is 2. The van der Waals surface area contributed by atoms with Crippen molar-refractivity contribution in [2.45, 2.75) is 45.1 Å². The fourth-order valence-corrected chi connectivity index (χ4v) is 3.93. The second-order valence-electron chi connectivity index (χ2n) is 7.86. The van der Waals surface area contributed by atoms with Crippen LogP contribution in [0.5, 0.6) is 11.5 Å². The van der Waals surface area contributed by atoms with E-state index in [1.165, 1.54) is 14.2 Å². The normalized spacial score (nSPS) is 17.8. The van der Waals surface area contributed by atoms with Crippen molar-refractivity contribution >= 4 is 23.3 Å². The van der Waals surface area contributed by atoms with E-state index in [-0.39, 0.29) is 23.7 Å². The molecule has 0 bridgehead atoms. The molecule has 29 heavy (non-hydrogen) atoms. The number of rotatable bonds is 3. The second-order valence-corrected chi connectivity index (χ2v) is 8.74. The van der Waals surface area contributed by atoms with Crippen LogP contribution in [0.4, 0.5) is 13.6 Å². The van der Waals surface area contributed by atoms with E-state index in [2.05, 4.69) is 0 Å². The fourth-order valence-electron chi connectivity index (χ4n) is 2.98. The lowest BCUT2D eigenvalue weighted by molar-refractivity contribution is -0.0543. The van der Waals surface area contributed by atoms with Gasteiger partial charge in [0.2, 0.25) is 0 Å². The monoisotopic (exact) mass is 434 g/mol. The summed E-state index contributed by atoms with van der Waals surface area (Å²) in [5, 5.41) is 1.60. The summed E-state index contributed by atoms with van der Waals surface area (Å²) < 4.78 is 45.1. The van der Waals surface area contributed by atoms with Gasteiger partial charge >= 0.3 is 6.09 Å². The van der Waals surface area contributed by atoms with Crippen LogP contribution in [0.3, 0.4) is 0 Å². The lowest BCUT2D eigenvalue weighted by atomic mass is 10.2. The zero-order valence-electron chi connectivity index (χ0n) is 17.4. The maximum absolute atomic E-state index is 14.8. The molecule has 7 nitrogen and oxygen atoms in total. The Labute approximate surface area is 173 Å². The first-order valence-corrected chi connectivity index (χ1v) is 10.2. The first-order valence-electron chi connectivity index (χ1n) is 9.32. The molecule has 1 fully saturated rings. The predicted molar refractivity (Wildman–Crippen MR) is 105 cm³/mol. The van der Waals surface area contributed by atoms with Gasteiger partial charge in [0, 0.05) is 18.5 Å². The van der Waals surface area contributed by atoms with Crippen LogP contribution in [0.1, 0.15) is 43.3 Å². The van der Waals surface area contributed by atoms with Gasteiger partial charge < -0.3 is 24.0 Å². The van der Waals surface area contributed by atoms with Crippen LogP contribution in [0.25, 0.3) is 0 Å². The fraction of sp³-hybridized carbons (Fsp3) is 0.684. The lowest BCUT2D eigenvalue weighted by Crippen LogP contribution is -2.48. The van der Waals surface area contributed by atoms with E-state index in [9.17, 15) is 18.4 Å².